The Morgan fingerprint density at radius 3 is 1.39 bits per heavy atom. The molecule has 1 aliphatic rings. The first-order valence-corrected chi connectivity index (χ1v) is 13.7. The van der Waals surface area contributed by atoms with E-state index in [4.69, 9.17) is 37.9 Å². The lowest BCUT2D eigenvalue weighted by molar-refractivity contribution is 0.0223. The summed E-state index contributed by atoms with van der Waals surface area (Å²) in [4.78, 5) is 12.8. The van der Waals surface area contributed by atoms with Crippen molar-refractivity contribution in [3.05, 3.63) is 78.4 Å². The fourth-order valence-electron chi connectivity index (χ4n) is 3.78. The van der Waals surface area contributed by atoms with Gasteiger partial charge in [-0.15, -0.1) is 0 Å². The van der Waals surface area contributed by atoms with Crippen molar-refractivity contribution in [2.45, 2.75) is 0 Å². The van der Waals surface area contributed by atoms with E-state index in [1.54, 1.807) is 18.2 Å². The van der Waals surface area contributed by atoms with Crippen molar-refractivity contribution in [2.24, 2.45) is 0 Å². The number of ether oxygens (including phenoxy) is 8. The van der Waals surface area contributed by atoms with Crippen molar-refractivity contribution in [1.82, 2.24) is 0 Å². The second-order valence-corrected chi connectivity index (χ2v) is 8.77. The summed E-state index contributed by atoms with van der Waals surface area (Å²) >= 11 is 0. The van der Waals surface area contributed by atoms with Crippen LogP contribution in [0.5, 0.6) is 23.0 Å². The molecule has 0 spiro atoms. The Bertz CT molecular complexity index is 1180. The fraction of sp³-hybridized carbons (Fsp3) is 0.387. The Kier molecular flexibility index (Phi) is 13.1. The van der Waals surface area contributed by atoms with Gasteiger partial charge in [-0.3, -0.25) is 4.79 Å². The summed E-state index contributed by atoms with van der Waals surface area (Å²) in [6.45, 7) is 4.56. The van der Waals surface area contributed by atoms with Gasteiger partial charge in [0.15, 0.2) is 23.0 Å². The molecular weight excluding hydrogens is 530 g/mol. The van der Waals surface area contributed by atoms with E-state index in [1.165, 1.54) is 0 Å². The number of para-hydroxylation sites is 3. The molecule has 0 aliphatic carbocycles. The summed E-state index contributed by atoms with van der Waals surface area (Å²) < 4.78 is 45.9. The van der Waals surface area contributed by atoms with Crippen LogP contribution in [0.2, 0.25) is 0 Å². The molecule has 0 saturated carbocycles. The number of rotatable bonds is 2. The molecule has 0 saturated heterocycles. The Labute approximate surface area is 240 Å². The van der Waals surface area contributed by atoms with Gasteiger partial charge < -0.3 is 43.2 Å². The zero-order valence-electron chi connectivity index (χ0n) is 23.1. The molecule has 220 valence electrons. The number of hydrogen-bond acceptors (Lipinski definition) is 9. The van der Waals surface area contributed by atoms with Crippen LogP contribution in [0, 0.1) is 0 Å². The maximum atomic E-state index is 12.8. The molecule has 10 nitrogen and oxygen atoms in total. The van der Waals surface area contributed by atoms with Crippen molar-refractivity contribution >= 4 is 11.6 Å². The van der Waals surface area contributed by atoms with E-state index in [0.29, 0.717) is 107 Å². The number of carbonyl (C=O) groups is 1. The Hall–Kier alpha value is -3.83. The van der Waals surface area contributed by atoms with Gasteiger partial charge in [0.1, 0.15) is 26.4 Å². The maximum Gasteiger partial charge on any atom is 0.255 e. The highest BCUT2D eigenvalue weighted by Crippen LogP contribution is 2.29. The van der Waals surface area contributed by atoms with Gasteiger partial charge in [0.2, 0.25) is 0 Å². The fourth-order valence-corrected chi connectivity index (χ4v) is 3.78. The quantitative estimate of drug-likeness (QED) is 0.487. The topological polar surface area (TPSA) is 103 Å². The monoisotopic (exact) mass is 567 g/mol. The highest BCUT2D eigenvalue weighted by Gasteiger charge is 2.13. The second kappa shape index (κ2) is 17.8. The summed E-state index contributed by atoms with van der Waals surface area (Å²) in [6, 6.07) is 21.8. The van der Waals surface area contributed by atoms with Crippen LogP contribution in [0.3, 0.4) is 0 Å². The normalized spacial score (nSPS) is 16.6. The van der Waals surface area contributed by atoms with Crippen LogP contribution in [0.4, 0.5) is 5.69 Å². The zero-order chi connectivity index (χ0) is 28.4. The van der Waals surface area contributed by atoms with Crippen molar-refractivity contribution in [1.29, 1.82) is 0 Å². The molecule has 0 unspecified atom stereocenters. The Balaban J connectivity index is 1.30. The minimum Gasteiger partial charge on any atom is -0.487 e. The van der Waals surface area contributed by atoms with Crippen LogP contribution in [-0.4, -0.2) is 85.2 Å². The van der Waals surface area contributed by atoms with Gasteiger partial charge in [-0.2, -0.15) is 0 Å². The van der Waals surface area contributed by atoms with Crippen LogP contribution < -0.4 is 24.3 Å². The van der Waals surface area contributed by atoms with Crippen LogP contribution in [0.15, 0.2) is 72.8 Å². The van der Waals surface area contributed by atoms with Crippen LogP contribution in [-0.2, 0) is 18.9 Å². The predicted octanol–water partition coefficient (Wildman–Crippen LogP) is 4.23. The lowest BCUT2D eigenvalue weighted by Gasteiger charge is -2.15. The average Bonchev–Trinajstić information content (AvgIpc) is 3.00. The van der Waals surface area contributed by atoms with Crippen LogP contribution >= 0.6 is 0 Å². The average molecular weight is 568 g/mol. The number of benzene rings is 3. The molecule has 0 bridgehead atoms. The molecule has 1 heterocycles. The summed E-state index contributed by atoms with van der Waals surface area (Å²) in [6.07, 6.45) is 0. The summed E-state index contributed by atoms with van der Waals surface area (Å²) in [7, 11) is 0. The van der Waals surface area contributed by atoms with Crippen molar-refractivity contribution in [3.63, 3.8) is 0 Å². The number of anilines is 1. The Morgan fingerprint density at radius 1 is 0.463 bits per heavy atom. The highest BCUT2D eigenvalue weighted by molar-refractivity contribution is 6.04. The maximum absolute atomic E-state index is 12.8. The number of nitrogens with one attached hydrogen (secondary N) is 1. The Morgan fingerprint density at radius 2 is 0.878 bits per heavy atom. The minimum atomic E-state index is -0.248. The predicted molar refractivity (Wildman–Crippen MR) is 153 cm³/mol. The lowest BCUT2D eigenvalue weighted by Crippen LogP contribution is -2.16. The highest BCUT2D eigenvalue weighted by atomic mass is 16.6. The van der Waals surface area contributed by atoms with Gasteiger partial charge in [-0.05, 0) is 42.5 Å². The molecule has 0 atom stereocenters. The molecule has 1 N–H and O–H groups in total. The van der Waals surface area contributed by atoms with E-state index >= 15 is 0 Å². The van der Waals surface area contributed by atoms with Crippen molar-refractivity contribution < 1.29 is 42.7 Å². The smallest absolute Gasteiger partial charge is 0.255 e. The molecule has 0 radical (unpaired) electrons. The number of carbonyl (C=O) groups excluding carboxylic acids is 1. The van der Waals surface area contributed by atoms with Crippen LogP contribution in [0.25, 0.3) is 0 Å². The van der Waals surface area contributed by atoms with Crippen LogP contribution in [0.1, 0.15) is 10.4 Å². The minimum absolute atomic E-state index is 0.248. The van der Waals surface area contributed by atoms with E-state index in [9.17, 15) is 4.79 Å². The molecule has 1 aliphatic heterocycles. The molecule has 1 amide bonds. The first kappa shape index (κ1) is 30.1. The van der Waals surface area contributed by atoms with Gasteiger partial charge in [-0.25, -0.2) is 0 Å². The molecule has 3 aromatic rings. The molecule has 4 rings (SSSR count). The summed E-state index contributed by atoms with van der Waals surface area (Å²) in [5.74, 6) is 2.02. The summed E-state index contributed by atoms with van der Waals surface area (Å²) in [5, 5.41) is 2.88. The van der Waals surface area contributed by atoms with E-state index in [0.717, 1.165) is 0 Å². The first-order chi connectivity index (χ1) is 20.3. The molecular formula is C31H37NO9. The largest absolute Gasteiger partial charge is 0.487 e. The molecule has 3 aromatic carbocycles. The van der Waals surface area contributed by atoms with Crippen molar-refractivity contribution in [3.8, 4) is 23.0 Å². The zero-order valence-corrected chi connectivity index (χ0v) is 23.1. The summed E-state index contributed by atoms with van der Waals surface area (Å²) in [5.41, 5.74) is 1.15. The lowest BCUT2D eigenvalue weighted by atomic mass is 10.2. The molecule has 41 heavy (non-hydrogen) atoms. The molecule has 10 heteroatoms. The third-order valence-electron chi connectivity index (χ3n) is 5.77. The van der Waals surface area contributed by atoms with E-state index < -0.39 is 0 Å². The first-order valence-electron chi connectivity index (χ1n) is 13.7. The standard InChI is InChI=1S/C31H37NO9/c33-31(32-26-6-2-1-3-7-26)25-10-11-29-30(24-25)41-23-19-37-15-14-35-17-21-39-28-9-5-4-8-27(28)38-20-16-34-12-13-36-18-22-40-29/h1-11,24H,12-23H2,(H,32,33). The SMILES string of the molecule is O=C(Nc1ccccc1)c1ccc2c(c1)OCCOCCOCCOc1ccccc1OCCOCCOCCO2. The number of fused-ring (bicyclic) bond motifs is 2. The van der Waals surface area contributed by atoms with E-state index in [1.807, 2.05) is 54.6 Å². The number of hydrogen-bond donors (Lipinski definition) is 1. The third kappa shape index (κ3) is 10.9. The van der Waals surface area contributed by atoms with Gasteiger partial charge in [-0.1, -0.05) is 30.3 Å². The van der Waals surface area contributed by atoms with Gasteiger partial charge in [0.05, 0.1) is 52.9 Å². The van der Waals surface area contributed by atoms with Gasteiger partial charge in [0, 0.05) is 11.3 Å². The number of amides is 1. The third-order valence-corrected chi connectivity index (χ3v) is 5.77. The van der Waals surface area contributed by atoms with Gasteiger partial charge in [0.25, 0.3) is 5.91 Å². The van der Waals surface area contributed by atoms with E-state index in [2.05, 4.69) is 5.32 Å². The second-order valence-electron chi connectivity index (χ2n) is 8.77. The van der Waals surface area contributed by atoms with Crippen molar-refractivity contribution in [2.75, 3.05) is 84.6 Å². The van der Waals surface area contributed by atoms with Gasteiger partial charge >= 0.3 is 0 Å². The molecule has 0 fully saturated rings. The van der Waals surface area contributed by atoms with E-state index in [-0.39, 0.29) is 12.5 Å². The molecule has 0 aromatic heterocycles.